The van der Waals surface area contributed by atoms with Gasteiger partial charge in [0, 0.05) is 17.6 Å². The van der Waals surface area contributed by atoms with Crippen LogP contribution in [0.15, 0.2) is 47.4 Å². The van der Waals surface area contributed by atoms with E-state index in [4.69, 9.17) is 4.74 Å². The van der Waals surface area contributed by atoms with Crippen LogP contribution < -0.4 is 15.4 Å². The molecule has 1 heterocycles. The highest BCUT2D eigenvalue weighted by Crippen LogP contribution is 2.53. The van der Waals surface area contributed by atoms with Crippen LogP contribution in [-0.2, 0) is 20.9 Å². The molecular weight excluding hydrogens is 523 g/mol. The van der Waals surface area contributed by atoms with Crippen molar-refractivity contribution < 1.29 is 27.5 Å². The smallest absolute Gasteiger partial charge is 0.345 e. The molecule has 0 saturated heterocycles. The third-order valence-electron chi connectivity index (χ3n) is 8.13. The summed E-state index contributed by atoms with van der Waals surface area (Å²) in [6.45, 7) is 7.64. The first-order chi connectivity index (χ1) is 17.9. The Balaban J connectivity index is 2.19. The van der Waals surface area contributed by atoms with Crippen LogP contribution in [0.1, 0.15) is 89.0 Å². The van der Waals surface area contributed by atoms with E-state index < -0.39 is 28.3 Å². The molecule has 212 valence electrons. The summed E-state index contributed by atoms with van der Waals surface area (Å²) < 4.78 is 46.1. The molecule has 2 aromatic carbocycles. The number of benzene rings is 2. The molecule has 0 unspecified atom stereocenters. The van der Waals surface area contributed by atoms with Crippen molar-refractivity contribution in [1.29, 1.82) is 0 Å². The quantitative estimate of drug-likeness (QED) is 0.256. The normalized spacial score (nSPS) is 21.5. The minimum Gasteiger partial charge on any atom is -0.496 e. The fourth-order valence-electron chi connectivity index (χ4n) is 5.53. The Morgan fingerprint density at radius 3 is 2.32 bits per heavy atom. The Labute approximate surface area is 227 Å². The average molecular weight is 567 g/mol. The fourth-order valence-corrected chi connectivity index (χ4v) is 8.81. The van der Waals surface area contributed by atoms with Crippen LogP contribution >= 0.6 is 7.60 Å². The third-order valence-corrected chi connectivity index (χ3v) is 12.0. The van der Waals surface area contributed by atoms with Gasteiger partial charge in [0.25, 0.3) is 0 Å². The van der Waals surface area contributed by atoms with Crippen LogP contribution in [0.3, 0.4) is 0 Å². The van der Waals surface area contributed by atoms with Gasteiger partial charge >= 0.3 is 7.60 Å². The number of hydrogen-bond donors (Lipinski definition) is 4. The van der Waals surface area contributed by atoms with Crippen molar-refractivity contribution in [2.24, 2.45) is 0 Å². The topological polar surface area (TPSA) is 125 Å². The Morgan fingerprint density at radius 2 is 1.79 bits per heavy atom. The van der Waals surface area contributed by atoms with Crippen molar-refractivity contribution in [2.45, 2.75) is 94.5 Å². The highest BCUT2D eigenvalue weighted by atomic mass is 32.2. The highest BCUT2D eigenvalue weighted by molar-refractivity contribution is 7.91. The van der Waals surface area contributed by atoms with Crippen LogP contribution in [0.5, 0.6) is 5.75 Å². The molecule has 2 atom stereocenters. The second-order valence-corrected chi connectivity index (χ2v) is 14.2. The summed E-state index contributed by atoms with van der Waals surface area (Å²) in [4.78, 5) is 20.4. The maximum atomic E-state index is 14.0. The number of unbranched alkanes of at least 4 members (excludes halogenated alkanes) is 1. The lowest BCUT2D eigenvalue weighted by atomic mass is 9.88. The van der Waals surface area contributed by atoms with E-state index in [-0.39, 0.29) is 36.1 Å². The SMILES string of the molecule is CCCC[C@]1(CC)CS(=O)(=O)c2cc(CNC(CC)(CC)P(=O)(O)O)c(OC)cc2[C@@H](c2ccccc2)N1. The van der Waals surface area contributed by atoms with Crippen molar-refractivity contribution in [3.8, 4) is 5.75 Å². The van der Waals surface area contributed by atoms with Crippen LogP contribution in [0.4, 0.5) is 0 Å². The van der Waals surface area contributed by atoms with Gasteiger partial charge in [0.05, 0.1) is 23.8 Å². The van der Waals surface area contributed by atoms with E-state index in [1.54, 1.807) is 26.0 Å². The summed E-state index contributed by atoms with van der Waals surface area (Å²) in [5.74, 6) is 0.445. The molecule has 0 radical (unpaired) electrons. The Bertz CT molecular complexity index is 1240. The summed E-state index contributed by atoms with van der Waals surface area (Å²) in [5.41, 5.74) is 1.53. The average Bonchev–Trinajstić information content (AvgIpc) is 2.99. The molecule has 8 nitrogen and oxygen atoms in total. The van der Waals surface area contributed by atoms with E-state index in [2.05, 4.69) is 17.6 Å². The lowest BCUT2D eigenvalue weighted by Gasteiger charge is -2.36. The largest absolute Gasteiger partial charge is 0.496 e. The minimum atomic E-state index is -4.49. The van der Waals surface area contributed by atoms with Gasteiger partial charge in [-0.25, -0.2) is 8.42 Å². The zero-order valence-electron chi connectivity index (χ0n) is 23.2. The monoisotopic (exact) mass is 566 g/mol. The predicted molar refractivity (Wildman–Crippen MR) is 151 cm³/mol. The summed E-state index contributed by atoms with van der Waals surface area (Å²) in [7, 11) is -6.67. The number of methoxy groups -OCH3 is 1. The number of nitrogens with one attached hydrogen (secondary N) is 2. The number of sulfone groups is 1. The number of ether oxygens (including phenoxy) is 1. The standard InChI is InChI=1S/C28H43N2O6PS/c1-6-10-16-27(7-2)20-38(34,35)25-17-22(19-29-28(8-3,9-4)37(31,32)33)24(36-5)18-23(25)26(30-27)21-14-12-11-13-15-21/h11-15,17-18,26,29-30H,6-10,16,19-20H2,1-5H3,(H2,31,32,33)/t26-,27-/m1/s1. The molecular formula is C28H43N2O6PS. The Morgan fingerprint density at radius 1 is 1.13 bits per heavy atom. The summed E-state index contributed by atoms with van der Waals surface area (Å²) >= 11 is 0. The molecule has 3 rings (SSSR count). The van der Waals surface area contributed by atoms with Gasteiger partial charge in [-0.05, 0) is 48.9 Å². The maximum Gasteiger partial charge on any atom is 0.345 e. The molecule has 0 fully saturated rings. The van der Waals surface area contributed by atoms with Crippen molar-refractivity contribution >= 4 is 17.4 Å². The Hall–Kier alpha value is -1.74. The first-order valence-electron chi connectivity index (χ1n) is 13.5. The summed E-state index contributed by atoms with van der Waals surface area (Å²) in [6.07, 6.45) is 3.70. The summed E-state index contributed by atoms with van der Waals surface area (Å²) in [6, 6.07) is 12.9. The van der Waals surface area contributed by atoms with Gasteiger partial charge in [-0.2, -0.15) is 0 Å². The van der Waals surface area contributed by atoms with Crippen molar-refractivity contribution in [3.63, 3.8) is 0 Å². The van der Waals surface area contributed by atoms with Crippen LogP contribution in [-0.4, -0.2) is 41.9 Å². The van der Waals surface area contributed by atoms with E-state index in [1.807, 2.05) is 37.3 Å². The zero-order chi connectivity index (χ0) is 28.2. The molecule has 2 aromatic rings. The van der Waals surface area contributed by atoms with Crippen molar-refractivity contribution in [3.05, 3.63) is 59.2 Å². The number of hydrogen-bond acceptors (Lipinski definition) is 6. The lowest BCUT2D eigenvalue weighted by molar-refractivity contribution is 0.281. The van der Waals surface area contributed by atoms with Gasteiger partial charge in [-0.1, -0.05) is 70.9 Å². The molecule has 10 heteroatoms. The third kappa shape index (κ3) is 6.19. The van der Waals surface area contributed by atoms with Gasteiger partial charge in [-0.3, -0.25) is 15.2 Å². The molecule has 0 bridgehead atoms. The molecule has 1 aliphatic rings. The van der Waals surface area contributed by atoms with Crippen molar-refractivity contribution in [2.75, 3.05) is 12.9 Å². The molecule has 4 N–H and O–H groups in total. The molecule has 0 aliphatic carbocycles. The van der Waals surface area contributed by atoms with Gasteiger partial charge in [0.15, 0.2) is 9.84 Å². The zero-order valence-corrected chi connectivity index (χ0v) is 24.9. The molecule has 1 aliphatic heterocycles. The lowest BCUT2D eigenvalue weighted by Crippen LogP contribution is -2.50. The van der Waals surface area contributed by atoms with E-state index in [0.717, 1.165) is 24.8 Å². The molecule has 38 heavy (non-hydrogen) atoms. The molecule has 0 spiro atoms. The fraction of sp³-hybridized carbons (Fsp3) is 0.571. The van der Waals surface area contributed by atoms with Gasteiger partial charge in [0.1, 0.15) is 11.0 Å². The van der Waals surface area contributed by atoms with Crippen LogP contribution in [0.25, 0.3) is 0 Å². The van der Waals surface area contributed by atoms with Gasteiger partial charge in [-0.15, -0.1) is 0 Å². The molecule has 0 amide bonds. The van der Waals surface area contributed by atoms with Crippen LogP contribution in [0, 0.1) is 0 Å². The highest BCUT2D eigenvalue weighted by Gasteiger charge is 2.44. The van der Waals surface area contributed by atoms with E-state index >= 15 is 0 Å². The number of rotatable bonds is 12. The van der Waals surface area contributed by atoms with Crippen molar-refractivity contribution in [1.82, 2.24) is 10.6 Å². The second kappa shape index (κ2) is 12.2. The Kier molecular flexibility index (Phi) is 9.88. The van der Waals surface area contributed by atoms with Gasteiger partial charge in [0.2, 0.25) is 0 Å². The van der Waals surface area contributed by atoms with Gasteiger partial charge < -0.3 is 14.5 Å². The predicted octanol–water partition coefficient (Wildman–Crippen LogP) is 5.28. The maximum absolute atomic E-state index is 14.0. The van der Waals surface area contributed by atoms with E-state index in [1.165, 1.54) is 7.11 Å². The first-order valence-corrected chi connectivity index (χ1v) is 16.7. The molecule has 0 saturated carbocycles. The second-order valence-electron chi connectivity index (χ2n) is 10.3. The summed E-state index contributed by atoms with van der Waals surface area (Å²) in [5, 5.41) is 5.40. The number of fused-ring (bicyclic) bond motifs is 1. The van der Waals surface area contributed by atoms with E-state index in [0.29, 0.717) is 23.3 Å². The van der Waals surface area contributed by atoms with E-state index in [9.17, 15) is 22.8 Å². The first kappa shape index (κ1) is 30.8. The minimum absolute atomic E-state index is 0.0254. The van der Waals surface area contributed by atoms with Crippen LogP contribution in [0.2, 0.25) is 0 Å². The molecule has 0 aromatic heterocycles.